The third-order valence-electron chi connectivity index (χ3n) is 9.91. The molecule has 3 aliphatic rings. The average Bonchev–Trinajstić information content (AvgIpc) is 3.05. The van der Waals surface area contributed by atoms with Crippen LogP contribution in [-0.4, -0.2) is 68.5 Å². The van der Waals surface area contributed by atoms with Gasteiger partial charge in [0, 0.05) is 47.4 Å². The summed E-state index contributed by atoms with van der Waals surface area (Å²) in [6.45, 7) is 1.73. The van der Waals surface area contributed by atoms with Gasteiger partial charge in [-0.3, -0.25) is 9.80 Å². The Morgan fingerprint density at radius 3 is 1.89 bits per heavy atom. The number of likely N-dealkylation sites (N-methyl/N-ethyl adjacent to an activating group) is 2. The number of rotatable bonds is 3. The van der Waals surface area contributed by atoms with Gasteiger partial charge in [0.2, 0.25) is 5.75 Å². The second-order valence-electron chi connectivity index (χ2n) is 12.4. The van der Waals surface area contributed by atoms with Gasteiger partial charge in [-0.15, -0.1) is 0 Å². The van der Waals surface area contributed by atoms with Crippen LogP contribution in [0.4, 0.5) is 0 Å². The van der Waals surface area contributed by atoms with Crippen molar-refractivity contribution in [1.82, 2.24) is 9.80 Å². The fourth-order valence-electron chi connectivity index (χ4n) is 7.42. The van der Waals surface area contributed by atoms with E-state index < -0.39 is 0 Å². The molecule has 0 aromatic heterocycles. The molecule has 0 saturated carbocycles. The van der Waals surface area contributed by atoms with Crippen molar-refractivity contribution in [3.63, 3.8) is 0 Å². The molecule has 0 radical (unpaired) electrons. The van der Waals surface area contributed by atoms with E-state index in [9.17, 15) is 10.2 Å². The van der Waals surface area contributed by atoms with Gasteiger partial charge in [0.15, 0.2) is 23.0 Å². The SMILES string of the molecule is COc1ccc2cc1-c1cc(ccc1O)CC1c3c(ccc(OC)c3Oc3c(O)c(OC)cc4c3C(C2)N(C)CC4)CCN1C. The molecule has 2 N–H and O–H groups in total. The van der Waals surface area contributed by atoms with Gasteiger partial charge in [0.25, 0.3) is 0 Å². The minimum Gasteiger partial charge on any atom is -0.507 e. The van der Waals surface area contributed by atoms with Crippen LogP contribution in [0, 0.1) is 0 Å². The van der Waals surface area contributed by atoms with E-state index in [0.29, 0.717) is 41.6 Å². The predicted molar refractivity (Wildman–Crippen MR) is 173 cm³/mol. The number of benzene rings is 4. The van der Waals surface area contributed by atoms with E-state index in [1.54, 1.807) is 27.4 Å². The Bertz CT molecular complexity index is 1790. The Balaban J connectivity index is 1.55. The molecule has 3 aliphatic heterocycles. The summed E-state index contributed by atoms with van der Waals surface area (Å²) >= 11 is 0. The first-order valence-corrected chi connectivity index (χ1v) is 15.5. The molecule has 8 heteroatoms. The third kappa shape index (κ3) is 4.93. The van der Waals surface area contributed by atoms with Crippen molar-refractivity contribution in [2.45, 2.75) is 37.8 Å². The van der Waals surface area contributed by atoms with E-state index in [-0.39, 0.29) is 23.6 Å². The summed E-state index contributed by atoms with van der Waals surface area (Å²) in [5, 5.41) is 22.9. The van der Waals surface area contributed by atoms with Gasteiger partial charge < -0.3 is 29.2 Å². The molecule has 2 unspecified atom stereocenters. The number of phenolic OH excluding ortho intramolecular Hbond substituents is 2. The topological polar surface area (TPSA) is 83.9 Å². The van der Waals surface area contributed by atoms with Gasteiger partial charge in [-0.2, -0.15) is 0 Å². The maximum Gasteiger partial charge on any atom is 0.201 e. The molecule has 8 nitrogen and oxygen atoms in total. The molecule has 3 heterocycles. The minimum atomic E-state index is -0.101. The van der Waals surface area contributed by atoms with Crippen molar-refractivity contribution in [3.05, 3.63) is 88.0 Å². The molecule has 4 aromatic carbocycles. The monoisotopic (exact) mass is 608 g/mol. The molecular weight excluding hydrogens is 568 g/mol. The van der Waals surface area contributed by atoms with E-state index in [2.05, 4.69) is 48.2 Å². The summed E-state index contributed by atoms with van der Waals surface area (Å²) in [5.41, 5.74) is 8.00. The highest BCUT2D eigenvalue weighted by molar-refractivity contribution is 5.77. The fraction of sp³-hybridized carbons (Fsp3) is 0.351. The first kappa shape index (κ1) is 29.3. The molecule has 0 spiro atoms. The van der Waals surface area contributed by atoms with Crippen molar-refractivity contribution >= 4 is 0 Å². The van der Waals surface area contributed by atoms with Gasteiger partial charge in [-0.25, -0.2) is 0 Å². The summed E-state index contributed by atoms with van der Waals surface area (Å²) in [7, 11) is 9.14. The van der Waals surface area contributed by atoms with Gasteiger partial charge in [0.05, 0.1) is 21.3 Å². The average molecular weight is 609 g/mol. The van der Waals surface area contributed by atoms with Crippen molar-refractivity contribution in [2.75, 3.05) is 48.5 Å². The quantitative estimate of drug-likeness (QED) is 0.275. The summed E-state index contributed by atoms with van der Waals surface area (Å²) in [6.07, 6.45) is 2.98. The molecule has 4 aromatic rings. The lowest BCUT2D eigenvalue weighted by Gasteiger charge is -2.38. The molecular formula is C37H40N2O6. The van der Waals surface area contributed by atoms with Crippen LogP contribution < -0.4 is 18.9 Å². The third-order valence-corrected chi connectivity index (χ3v) is 9.91. The van der Waals surface area contributed by atoms with E-state index in [0.717, 1.165) is 64.9 Å². The van der Waals surface area contributed by atoms with Crippen LogP contribution in [0.3, 0.4) is 0 Å². The first-order chi connectivity index (χ1) is 21.8. The van der Waals surface area contributed by atoms with Crippen molar-refractivity contribution in [3.8, 4) is 51.4 Å². The maximum absolute atomic E-state index is 11.8. The molecule has 0 amide bonds. The second-order valence-corrected chi connectivity index (χ2v) is 12.4. The van der Waals surface area contributed by atoms with Crippen LogP contribution in [0.2, 0.25) is 0 Å². The number of methoxy groups -OCH3 is 3. The largest absolute Gasteiger partial charge is 0.507 e. The lowest BCUT2D eigenvalue weighted by atomic mass is 9.87. The minimum absolute atomic E-state index is 0.0202. The summed E-state index contributed by atoms with van der Waals surface area (Å²) in [5.74, 6) is 2.90. The van der Waals surface area contributed by atoms with E-state index >= 15 is 0 Å². The first-order valence-electron chi connectivity index (χ1n) is 15.5. The predicted octanol–water partition coefficient (Wildman–Crippen LogP) is 6.44. The van der Waals surface area contributed by atoms with Crippen LogP contribution in [0.25, 0.3) is 11.1 Å². The molecule has 7 rings (SSSR count). The molecule has 4 bridgehead atoms. The Kier molecular flexibility index (Phi) is 7.50. The van der Waals surface area contributed by atoms with E-state index in [4.69, 9.17) is 18.9 Å². The smallest absolute Gasteiger partial charge is 0.201 e. The highest BCUT2D eigenvalue weighted by Gasteiger charge is 2.36. The Morgan fingerprint density at radius 2 is 1.22 bits per heavy atom. The molecule has 45 heavy (non-hydrogen) atoms. The Morgan fingerprint density at radius 1 is 0.644 bits per heavy atom. The molecule has 0 fully saturated rings. The summed E-state index contributed by atoms with van der Waals surface area (Å²) in [4.78, 5) is 4.66. The number of ether oxygens (including phenoxy) is 4. The van der Waals surface area contributed by atoms with Crippen molar-refractivity contribution in [2.24, 2.45) is 0 Å². The lowest BCUT2D eigenvalue weighted by molar-refractivity contribution is 0.215. The van der Waals surface area contributed by atoms with Crippen molar-refractivity contribution in [1.29, 1.82) is 0 Å². The normalized spacial score (nSPS) is 19.3. The highest BCUT2D eigenvalue weighted by Crippen LogP contribution is 2.53. The molecule has 0 aliphatic carbocycles. The lowest BCUT2D eigenvalue weighted by Crippen LogP contribution is -2.34. The van der Waals surface area contributed by atoms with Gasteiger partial charge in [-0.1, -0.05) is 18.2 Å². The zero-order valence-corrected chi connectivity index (χ0v) is 26.5. The van der Waals surface area contributed by atoms with Crippen LogP contribution in [0.1, 0.15) is 45.5 Å². The van der Waals surface area contributed by atoms with Crippen LogP contribution in [-0.2, 0) is 25.7 Å². The number of hydrogen-bond acceptors (Lipinski definition) is 8. The molecule has 234 valence electrons. The van der Waals surface area contributed by atoms with Crippen LogP contribution in [0.15, 0.2) is 54.6 Å². The standard InChI is InChI=1S/C37H40N2O6/c1-38-14-12-23-8-11-31(43-4)36-33(23)27(38)18-21-6-9-29(40)25(16-21)26-17-22(7-10-30(26)42-3)19-28-34-24(13-15-39(28)2)20-32(44-5)35(41)37(34)45-36/h6-11,16-17,20,27-28,40-41H,12-15,18-19H2,1-5H3. The van der Waals surface area contributed by atoms with E-state index in [1.165, 1.54) is 5.56 Å². The Labute approximate surface area is 264 Å². The zero-order valence-electron chi connectivity index (χ0n) is 26.5. The fourth-order valence-corrected chi connectivity index (χ4v) is 7.42. The number of fused-ring (bicyclic) bond motifs is 5. The number of hydrogen-bond donors (Lipinski definition) is 2. The number of aromatic hydroxyl groups is 2. The van der Waals surface area contributed by atoms with Crippen LogP contribution >= 0.6 is 0 Å². The van der Waals surface area contributed by atoms with Crippen molar-refractivity contribution < 1.29 is 29.2 Å². The van der Waals surface area contributed by atoms with E-state index in [1.807, 2.05) is 24.3 Å². The summed E-state index contributed by atoms with van der Waals surface area (Å²) < 4.78 is 24.4. The summed E-state index contributed by atoms with van der Waals surface area (Å²) in [6, 6.07) is 17.9. The highest BCUT2D eigenvalue weighted by atomic mass is 16.5. The van der Waals surface area contributed by atoms with Gasteiger partial charge >= 0.3 is 0 Å². The zero-order chi connectivity index (χ0) is 31.4. The molecule has 2 atom stereocenters. The molecule has 0 saturated heterocycles. The maximum atomic E-state index is 11.8. The van der Waals surface area contributed by atoms with Gasteiger partial charge in [-0.05, 0) is 98.4 Å². The van der Waals surface area contributed by atoms with Crippen LogP contribution in [0.5, 0.6) is 40.2 Å². The Hall–Kier alpha value is -4.40. The number of phenols is 2. The number of nitrogens with zero attached hydrogens (tertiary/aromatic N) is 2. The van der Waals surface area contributed by atoms with Gasteiger partial charge in [0.1, 0.15) is 11.5 Å². The second kappa shape index (κ2) is 11.5.